The van der Waals surface area contributed by atoms with E-state index in [0.29, 0.717) is 0 Å². The first-order valence-corrected chi connectivity index (χ1v) is 7.58. The Bertz CT molecular complexity index is 616. The Morgan fingerprint density at radius 2 is 2.00 bits per heavy atom. The average molecular weight is 303 g/mol. The van der Waals surface area contributed by atoms with E-state index in [1.807, 2.05) is 30.3 Å². The van der Waals surface area contributed by atoms with Crippen LogP contribution < -0.4 is 16.0 Å². The molecule has 0 saturated heterocycles. The Hall–Kier alpha value is -1.55. The third-order valence-corrected chi connectivity index (χ3v) is 4.07. The minimum atomic E-state index is 0.152. The molecule has 2 aromatic rings. The summed E-state index contributed by atoms with van der Waals surface area (Å²) in [6.07, 6.45) is 2.61. The molecule has 0 amide bonds. The van der Waals surface area contributed by atoms with Crippen LogP contribution in [0, 0.1) is 0 Å². The number of rotatable bonds is 5. The number of hydrazine groups is 1. The lowest BCUT2D eigenvalue weighted by Crippen LogP contribution is -2.38. The molecule has 1 aliphatic heterocycles. The van der Waals surface area contributed by atoms with Crippen LogP contribution >= 0.6 is 11.6 Å². The van der Waals surface area contributed by atoms with E-state index in [4.69, 9.17) is 22.2 Å². The molecule has 3 N–H and O–H groups in total. The standard InChI is InChI=1S/C17H19ClN2O/c18-15-9-13-6-7-21-17(13)14(10-15)11-16(20-19)8-12-4-2-1-3-5-12/h1-5,9-10,16,20H,6-8,11,19H2. The summed E-state index contributed by atoms with van der Waals surface area (Å²) < 4.78 is 5.75. The van der Waals surface area contributed by atoms with Crippen LogP contribution in [-0.2, 0) is 19.3 Å². The summed E-state index contributed by atoms with van der Waals surface area (Å²) in [6, 6.07) is 14.5. The van der Waals surface area contributed by atoms with Gasteiger partial charge in [-0.3, -0.25) is 11.3 Å². The average Bonchev–Trinajstić information content (AvgIpc) is 2.96. The van der Waals surface area contributed by atoms with Crippen molar-refractivity contribution >= 4 is 11.6 Å². The third-order valence-electron chi connectivity index (χ3n) is 3.85. The van der Waals surface area contributed by atoms with Crippen molar-refractivity contribution in [3.8, 4) is 5.75 Å². The largest absolute Gasteiger partial charge is 0.493 e. The number of hydrogen-bond acceptors (Lipinski definition) is 3. The molecule has 1 atom stereocenters. The summed E-state index contributed by atoms with van der Waals surface area (Å²) >= 11 is 6.21. The predicted molar refractivity (Wildman–Crippen MR) is 85.6 cm³/mol. The lowest BCUT2D eigenvalue weighted by Gasteiger charge is -2.18. The van der Waals surface area contributed by atoms with Gasteiger partial charge in [-0.1, -0.05) is 41.9 Å². The second-order valence-electron chi connectivity index (χ2n) is 5.41. The quantitative estimate of drug-likeness (QED) is 0.659. The van der Waals surface area contributed by atoms with Crippen LogP contribution in [0.3, 0.4) is 0 Å². The van der Waals surface area contributed by atoms with E-state index in [2.05, 4.69) is 17.6 Å². The first kappa shape index (κ1) is 14.4. The number of nitrogens with two attached hydrogens (primary N) is 1. The first-order chi connectivity index (χ1) is 10.3. The second-order valence-corrected chi connectivity index (χ2v) is 5.85. The van der Waals surface area contributed by atoms with Gasteiger partial charge in [-0.25, -0.2) is 0 Å². The highest BCUT2D eigenvalue weighted by atomic mass is 35.5. The minimum Gasteiger partial charge on any atom is -0.493 e. The van der Waals surface area contributed by atoms with Crippen LogP contribution in [0.15, 0.2) is 42.5 Å². The van der Waals surface area contributed by atoms with Gasteiger partial charge in [0.15, 0.2) is 0 Å². The second kappa shape index (κ2) is 6.48. The highest BCUT2D eigenvalue weighted by molar-refractivity contribution is 6.30. The van der Waals surface area contributed by atoms with Crippen molar-refractivity contribution in [2.75, 3.05) is 6.61 Å². The van der Waals surface area contributed by atoms with Crippen molar-refractivity contribution < 1.29 is 4.74 Å². The summed E-state index contributed by atoms with van der Waals surface area (Å²) in [7, 11) is 0. The number of nitrogens with one attached hydrogen (secondary N) is 1. The van der Waals surface area contributed by atoms with Crippen LogP contribution in [-0.4, -0.2) is 12.6 Å². The van der Waals surface area contributed by atoms with Crippen molar-refractivity contribution in [2.45, 2.75) is 25.3 Å². The highest BCUT2D eigenvalue weighted by Crippen LogP contribution is 2.33. The topological polar surface area (TPSA) is 47.3 Å². The molecular formula is C17H19ClN2O. The fourth-order valence-corrected chi connectivity index (χ4v) is 3.12. The van der Waals surface area contributed by atoms with Gasteiger partial charge in [-0.05, 0) is 41.7 Å². The molecule has 0 aliphatic carbocycles. The summed E-state index contributed by atoms with van der Waals surface area (Å²) in [6.45, 7) is 0.738. The third kappa shape index (κ3) is 3.38. The van der Waals surface area contributed by atoms with Crippen molar-refractivity contribution in [3.63, 3.8) is 0 Å². The smallest absolute Gasteiger partial charge is 0.125 e. The van der Waals surface area contributed by atoms with Gasteiger partial charge in [-0.15, -0.1) is 0 Å². The van der Waals surface area contributed by atoms with Gasteiger partial charge < -0.3 is 4.74 Å². The molecule has 1 unspecified atom stereocenters. The van der Waals surface area contributed by atoms with E-state index in [-0.39, 0.29) is 6.04 Å². The zero-order valence-electron chi connectivity index (χ0n) is 11.8. The van der Waals surface area contributed by atoms with Gasteiger partial charge in [-0.2, -0.15) is 0 Å². The first-order valence-electron chi connectivity index (χ1n) is 7.20. The Morgan fingerprint density at radius 3 is 2.76 bits per heavy atom. The maximum absolute atomic E-state index is 6.21. The maximum Gasteiger partial charge on any atom is 0.125 e. The molecule has 110 valence electrons. The van der Waals surface area contributed by atoms with Gasteiger partial charge >= 0.3 is 0 Å². The van der Waals surface area contributed by atoms with E-state index in [1.165, 1.54) is 11.1 Å². The van der Waals surface area contributed by atoms with Crippen molar-refractivity contribution in [2.24, 2.45) is 5.84 Å². The zero-order chi connectivity index (χ0) is 14.7. The minimum absolute atomic E-state index is 0.152. The summed E-state index contributed by atoms with van der Waals surface area (Å²) in [5.74, 6) is 6.72. The maximum atomic E-state index is 6.21. The molecule has 3 rings (SSSR count). The highest BCUT2D eigenvalue weighted by Gasteiger charge is 2.20. The molecule has 2 aromatic carbocycles. The van der Waals surface area contributed by atoms with Gasteiger partial charge in [0.1, 0.15) is 5.75 Å². The number of fused-ring (bicyclic) bond motifs is 1. The number of halogens is 1. The molecular weight excluding hydrogens is 284 g/mol. The molecule has 0 saturated carbocycles. The van der Waals surface area contributed by atoms with Crippen molar-refractivity contribution in [1.29, 1.82) is 0 Å². The summed E-state index contributed by atoms with van der Waals surface area (Å²) in [5.41, 5.74) is 6.51. The molecule has 1 aliphatic rings. The van der Waals surface area contributed by atoms with Crippen LogP contribution in [0.1, 0.15) is 16.7 Å². The Morgan fingerprint density at radius 1 is 1.19 bits per heavy atom. The van der Waals surface area contributed by atoms with Crippen LogP contribution in [0.25, 0.3) is 0 Å². The van der Waals surface area contributed by atoms with E-state index >= 15 is 0 Å². The fourth-order valence-electron chi connectivity index (χ4n) is 2.85. The van der Waals surface area contributed by atoms with Crippen molar-refractivity contribution in [1.82, 2.24) is 5.43 Å². The van der Waals surface area contributed by atoms with Gasteiger partial charge in [0, 0.05) is 17.5 Å². The predicted octanol–water partition coefficient (Wildman–Crippen LogP) is 2.89. The molecule has 0 bridgehead atoms. The summed E-state index contributed by atoms with van der Waals surface area (Å²) in [4.78, 5) is 0. The van der Waals surface area contributed by atoms with Gasteiger partial charge in [0.05, 0.1) is 6.61 Å². The van der Waals surface area contributed by atoms with Gasteiger partial charge in [0.2, 0.25) is 0 Å². The molecule has 0 aromatic heterocycles. The molecule has 4 heteroatoms. The van der Waals surface area contributed by atoms with E-state index < -0.39 is 0 Å². The lowest BCUT2D eigenvalue weighted by molar-refractivity contribution is 0.351. The molecule has 0 fully saturated rings. The monoisotopic (exact) mass is 302 g/mol. The van der Waals surface area contributed by atoms with Crippen molar-refractivity contribution in [3.05, 3.63) is 64.2 Å². The molecule has 21 heavy (non-hydrogen) atoms. The van der Waals surface area contributed by atoms with Gasteiger partial charge in [0.25, 0.3) is 0 Å². The van der Waals surface area contributed by atoms with Crippen LogP contribution in [0.5, 0.6) is 5.75 Å². The Kier molecular flexibility index (Phi) is 4.44. The number of benzene rings is 2. The lowest BCUT2D eigenvalue weighted by atomic mass is 9.97. The number of hydrogen-bond donors (Lipinski definition) is 2. The zero-order valence-corrected chi connectivity index (χ0v) is 12.6. The Labute approximate surface area is 130 Å². The SMILES string of the molecule is NNC(Cc1ccccc1)Cc1cc(Cl)cc2c1OCC2. The summed E-state index contributed by atoms with van der Waals surface area (Å²) in [5, 5.41) is 0.768. The fraction of sp³-hybridized carbons (Fsp3) is 0.294. The van der Waals surface area contributed by atoms with Crippen LogP contribution in [0.2, 0.25) is 5.02 Å². The van der Waals surface area contributed by atoms with E-state index in [0.717, 1.165) is 42.2 Å². The Balaban J connectivity index is 1.78. The van der Waals surface area contributed by atoms with Crippen LogP contribution in [0.4, 0.5) is 0 Å². The number of ether oxygens (including phenoxy) is 1. The van der Waals surface area contributed by atoms with E-state index in [1.54, 1.807) is 0 Å². The van der Waals surface area contributed by atoms with E-state index in [9.17, 15) is 0 Å². The molecule has 3 nitrogen and oxygen atoms in total. The normalized spacial score (nSPS) is 14.6. The molecule has 0 radical (unpaired) electrons. The molecule has 0 spiro atoms. The molecule has 1 heterocycles.